The Balaban J connectivity index is 1.65. The summed E-state index contributed by atoms with van der Waals surface area (Å²) in [5, 5.41) is -0.560. The highest BCUT2D eigenvalue weighted by molar-refractivity contribution is 6.30. The normalized spacial score (nSPS) is 19.2. The zero-order chi connectivity index (χ0) is 19.9. The van der Waals surface area contributed by atoms with Crippen molar-refractivity contribution in [3.05, 3.63) is 17.2 Å². The number of fused-ring (bicyclic) bond motifs is 2. The molecule has 0 atom stereocenters. The lowest BCUT2D eigenvalue weighted by molar-refractivity contribution is -0.153. The van der Waals surface area contributed by atoms with Crippen molar-refractivity contribution in [1.82, 2.24) is 19.9 Å². The first kappa shape index (κ1) is 19.4. The van der Waals surface area contributed by atoms with E-state index in [1.54, 1.807) is 0 Å². The van der Waals surface area contributed by atoms with Crippen molar-refractivity contribution in [2.24, 2.45) is 0 Å². The SMILES string of the molecule is Fc1c(Cl)ncc2c(OCC(F)(F)F)nc(OCC34CCCN3CCC4)nc12. The highest BCUT2D eigenvalue weighted by Crippen LogP contribution is 2.39. The Labute approximate surface area is 162 Å². The standard InChI is InChI=1S/C17H17ClF4N4O2/c18-13-11(19)12-10(7-23-13)14(27-9-17(20,21)22)25-15(24-12)28-8-16-3-1-5-26(16)6-2-4-16/h7H,1-6,8-9H2. The Hall–Kier alpha value is -1.94. The molecule has 152 valence electrons. The number of hydrogen-bond donors (Lipinski definition) is 0. The van der Waals surface area contributed by atoms with Gasteiger partial charge in [0.1, 0.15) is 12.1 Å². The summed E-state index contributed by atoms with van der Waals surface area (Å²) in [5.74, 6) is -1.42. The van der Waals surface area contributed by atoms with Gasteiger partial charge in [-0.25, -0.2) is 9.37 Å². The van der Waals surface area contributed by atoms with Crippen molar-refractivity contribution in [2.45, 2.75) is 37.4 Å². The maximum atomic E-state index is 14.4. The lowest BCUT2D eigenvalue weighted by atomic mass is 9.95. The molecule has 0 bridgehead atoms. The van der Waals surface area contributed by atoms with Gasteiger partial charge in [-0.05, 0) is 38.8 Å². The first-order valence-electron chi connectivity index (χ1n) is 8.87. The van der Waals surface area contributed by atoms with Crippen LogP contribution in [0.3, 0.4) is 0 Å². The monoisotopic (exact) mass is 420 g/mol. The molecule has 0 radical (unpaired) electrons. The van der Waals surface area contributed by atoms with Crippen molar-refractivity contribution in [1.29, 1.82) is 0 Å². The third-order valence-electron chi connectivity index (χ3n) is 5.24. The van der Waals surface area contributed by atoms with E-state index < -0.39 is 29.6 Å². The number of alkyl halides is 3. The summed E-state index contributed by atoms with van der Waals surface area (Å²) in [6.07, 6.45) is 0.522. The number of pyridine rings is 1. The van der Waals surface area contributed by atoms with Gasteiger partial charge in [-0.1, -0.05) is 11.6 Å². The van der Waals surface area contributed by atoms with Crippen molar-refractivity contribution in [2.75, 3.05) is 26.3 Å². The van der Waals surface area contributed by atoms with Gasteiger partial charge in [-0.2, -0.15) is 23.1 Å². The zero-order valence-corrected chi connectivity index (χ0v) is 15.5. The summed E-state index contributed by atoms with van der Waals surface area (Å²) in [4.78, 5) is 13.9. The molecule has 2 aliphatic rings. The molecular weight excluding hydrogens is 404 g/mol. The maximum absolute atomic E-state index is 14.4. The molecule has 4 heterocycles. The summed E-state index contributed by atoms with van der Waals surface area (Å²) in [6.45, 7) is 0.660. The van der Waals surface area contributed by atoms with Crippen LogP contribution < -0.4 is 9.47 Å². The molecule has 0 unspecified atom stereocenters. The van der Waals surface area contributed by atoms with E-state index in [9.17, 15) is 17.6 Å². The van der Waals surface area contributed by atoms with Crippen LogP contribution in [-0.2, 0) is 0 Å². The van der Waals surface area contributed by atoms with E-state index in [2.05, 4.69) is 19.9 Å². The predicted molar refractivity (Wildman–Crippen MR) is 92.1 cm³/mol. The molecule has 6 nitrogen and oxygen atoms in total. The summed E-state index contributed by atoms with van der Waals surface area (Å²) in [6, 6.07) is -0.251. The van der Waals surface area contributed by atoms with Crippen LogP contribution in [0.4, 0.5) is 17.6 Å². The number of hydrogen-bond acceptors (Lipinski definition) is 6. The summed E-state index contributed by atoms with van der Waals surface area (Å²) in [5.41, 5.74) is -0.422. The van der Waals surface area contributed by atoms with Crippen LogP contribution in [0.2, 0.25) is 5.15 Å². The highest BCUT2D eigenvalue weighted by Gasteiger charge is 2.45. The molecule has 4 rings (SSSR count). The number of halogens is 5. The van der Waals surface area contributed by atoms with Crippen molar-refractivity contribution < 1.29 is 27.0 Å². The molecule has 0 N–H and O–H groups in total. The predicted octanol–water partition coefficient (Wildman–Crippen LogP) is 3.77. The van der Waals surface area contributed by atoms with E-state index >= 15 is 0 Å². The number of rotatable bonds is 5. The molecule has 2 fully saturated rings. The fraction of sp³-hybridized carbons (Fsp3) is 0.588. The van der Waals surface area contributed by atoms with Gasteiger partial charge in [0, 0.05) is 6.20 Å². The van der Waals surface area contributed by atoms with Crippen molar-refractivity contribution in [3.63, 3.8) is 0 Å². The molecule has 0 spiro atoms. The van der Waals surface area contributed by atoms with Gasteiger partial charge < -0.3 is 9.47 Å². The van der Waals surface area contributed by atoms with Gasteiger partial charge in [0.15, 0.2) is 17.6 Å². The topological polar surface area (TPSA) is 60.4 Å². The molecule has 2 aromatic rings. The van der Waals surface area contributed by atoms with E-state index in [4.69, 9.17) is 21.1 Å². The first-order chi connectivity index (χ1) is 13.3. The lowest BCUT2D eigenvalue weighted by Gasteiger charge is -2.31. The Kier molecular flexibility index (Phi) is 4.95. The molecule has 0 amide bonds. The number of nitrogens with zero attached hydrogens (tertiary/aromatic N) is 4. The lowest BCUT2D eigenvalue weighted by Crippen LogP contribution is -2.43. The molecule has 11 heteroatoms. The quantitative estimate of drug-likeness (QED) is 0.542. The van der Waals surface area contributed by atoms with Gasteiger partial charge in [0.05, 0.1) is 10.9 Å². The average Bonchev–Trinajstić information content (AvgIpc) is 3.21. The highest BCUT2D eigenvalue weighted by atomic mass is 35.5. The van der Waals surface area contributed by atoms with Gasteiger partial charge in [-0.3, -0.25) is 4.90 Å². The zero-order valence-electron chi connectivity index (χ0n) is 14.7. The minimum Gasteiger partial charge on any atom is -0.467 e. The van der Waals surface area contributed by atoms with Crippen LogP contribution in [0.25, 0.3) is 10.9 Å². The molecule has 2 aliphatic heterocycles. The number of ether oxygens (including phenoxy) is 2. The van der Waals surface area contributed by atoms with Crippen LogP contribution >= 0.6 is 11.6 Å². The van der Waals surface area contributed by atoms with Crippen LogP contribution in [0.15, 0.2) is 6.20 Å². The second-order valence-corrected chi connectivity index (χ2v) is 7.41. The van der Waals surface area contributed by atoms with Gasteiger partial charge in [0.25, 0.3) is 0 Å². The molecule has 0 aromatic carbocycles. The Bertz CT molecular complexity index is 886. The minimum absolute atomic E-state index is 0.111. The van der Waals surface area contributed by atoms with Crippen molar-refractivity contribution in [3.8, 4) is 11.9 Å². The third kappa shape index (κ3) is 3.67. The Morgan fingerprint density at radius 2 is 1.86 bits per heavy atom. The van der Waals surface area contributed by atoms with Crippen molar-refractivity contribution >= 4 is 22.5 Å². The summed E-state index contributed by atoms with van der Waals surface area (Å²) in [7, 11) is 0. The molecule has 0 saturated carbocycles. The fourth-order valence-electron chi connectivity index (χ4n) is 3.97. The maximum Gasteiger partial charge on any atom is 0.422 e. The van der Waals surface area contributed by atoms with Gasteiger partial charge in [0.2, 0.25) is 5.88 Å². The largest absolute Gasteiger partial charge is 0.467 e. The van der Waals surface area contributed by atoms with E-state index in [0.717, 1.165) is 45.0 Å². The first-order valence-corrected chi connectivity index (χ1v) is 9.24. The minimum atomic E-state index is -4.58. The summed E-state index contributed by atoms with van der Waals surface area (Å²) < 4.78 is 62.5. The smallest absolute Gasteiger partial charge is 0.422 e. The van der Waals surface area contributed by atoms with E-state index in [0.29, 0.717) is 0 Å². The molecular formula is C17H17ClF4N4O2. The fourth-order valence-corrected chi connectivity index (χ4v) is 4.11. The van der Waals surface area contributed by atoms with Gasteiger partial charge >= 0.3 is 12.2 Å². The van der Waals surface area contributed by atoms with Crippen LogP contribution in [0.5, 0.6) is 11.9 Å². The molecule has 0 aliphatic carbocycles. The van der Waals surface area contributed by atoms with Crippen LogP contribution in [-0.4, -0.2) is 57.9 Å². The molecule has 2 aromatic heterocycles. The van der Waals surface area contributed by atoms with Crippen LogP contribution in [0, 0.1) is 5.82 Å². The number of aromatic nitrogens is 3. The Morgan fingerprint density at radius 3 is 2.54 bits per heavy atom. The Morgan fingerprint density at radius 1 is 1.14 bits per heavy atom. The second kappa shape index (κ2) is 7.14. The van der Waals surface area contributed by atoms with Crippen LogP contribution in [0.1, 0.15) is 25.7 Å². The van der Waals surface area contributed by atoms with E-state index in [-0.39, 0.29) is 29.1 Å². The molecule has 2 saturated heterocycles. The summed E-state index contributed by atoms with van der Waals surface area (Å²) >= 11 is 5.68. The van der Waals surface area contributed by atoms with E-state index in [1.807, 2.05) is 0 Å². The van der Waals surface area contributed by atoms with Gasteiger partial charge in [-0.15, -0.1) is 0 Å². The molecule has 28 heavy (non-hydrogen) atoms. The average molecular weight is 421 g/mol. The second-order valence-electron chi connectivity index (χ2n) is 7.05. The van der Waals surface area contributed by atoms with E-state index in [1.165, 1.54) is 0 Å². The third-order valence-corrected chi connectivity index (χ3v) is 5.50.